The maximum Gasteiger partial charge on any atom is 0.243 e. The van der Waals surface area contributed by atoms with Crippen LogP contribution in [0.1, 0.15) is 27.7 Å². The lowest BCUT2D eigenvalue weighted by Gasteiger charge is -2.29. The lowest BCUT2D eigenvalue weighted by molar-refractivity contribution is -0.117. The molecule has 0 heterocycles. The van der Waals surface area contributed by atoms with Gasteiger partial charge in [-0.1, -0.05) is 34.3 Å². The molecule has 70 valence electrons. The Bertz CT molecular complexity index is 171. The third-order valence-corrected chi connectivity index (χ3v) is 2.47. The Balaban J connectivity index is 3.91. The molecule has 0 aliphatic rings. The van der Waals surface area contributed by atoms with Gasteiger partial charge in [-0.15, -0.1) is 0 Å². The van der Waals surface area contributed by atoms with Gasteiger partial charge in [0.25, 0.3) is 0 Å². The molecule has 0 aliphatic heterocycles. The quantitative estimate of drug-likeness (QED) is 0.640. The van der Waals surface area contributed by atoms with E-state index in [1.807, 2.05) is 0 Å². The minimum absolute atomic E-state index is 0.0938. The summed E-state index contributed by atoms with van der Waals surface area (Å²) >= 11 is 0. The number of hydrogen-bond acceptors (Lipinski definition) is 1. The molecular weight excluding hydrogens is 150 g/mol. The second-order valence-electron chi connectivity index (χ2n) is 4.07. The Morgan fingerprint density at radius 1 is 1.58 bits per heavy atom. The van der Waals surface area contributed by atoms with E-state index in [9.17, 15) is 4.79 Å². The summed E-state index contributed by atoms with van der Waals surface area (Å²) in [5, 5.41) is 2.80. The van der Waals surface area contributed by atoms with E-state index in [1.54, 1.807) is 0 Å². The largest absolute Gasteiger partial charge is 0.352 e. The summed E-state index contributed by atoms with van der Waals surface area (Å²) in [4.78, 5) is 10.9. The standard InChI is InChI=1S/C10H19NO/c1-6-9(12)11-7-10(4,5)8(2)3/h6,8H,1,7H2,2-5H3,(H,11,12). The van der Waals surface area contributed by atoms with Crippen LogP contribution in [-0.2, 0) is 4.79 Å². The van der Waals surface area contributed by atoms with Crippen LogP contribution in [0.15, 0.2) is 12.7 Å². The highest BCUT2D eigenvalue weighted by atomic mass is 16.1. The zero-order valence-electron chi connectivity index (χ0n) is 8.48. The summed E-state index contributed by atoms with van der Waals surface area (Å²) in [6, 6.07) is 0. The summed E-state index contributed by atoms with van der Waals surface area (Å²) in [7, 11) is 0. The molecule has 0 aromatic heterocycles. The van der Waals surface area contributed by atoms with Crippen LogP contribution in [0, 0.1) is 11.3 Å². The van der Waals surface area contributed by atoms with Crippen molar-refractivity contribution in [3.8, 4) is 0 Å². The molecule has 0 saturated heterocycles. The van der Waals surface area contributed by atoms with Crippen LogP contribution >= 0.6 is 0 Å². The van der Waals surface area contributed by atoms with Crippen molar-refractivity contribution in [2.45, 2.75) is 27.7 Å². The highest BCUT2D eigenvalue weighted by Crippen LogP contribution is 2.24. The smallest absolute Gasteiger partial charge is 0.243 e. The molecule has 0 fully saturated rings. The number of rotatable bonds is 4. The Hall–Kier alpha value is -0.790. The first-order valence-corrected chi connectivity index (χ1v) is 4.30. The lowest BCUT2D eigenvalue weighted by Crippen LogP contribution is -2.36. The Morgan fingerprint density at radius 2 is 2.08 bits per heavy atom. The van der Waals surface area contributed by atoms with Gasteiger partial charge in [0.2, 0.25) is 5.91 Å². The van der Waals surface area contributed by atoms with Crippen LogP contribution in [0.3, 0.4) is 0 Å². The normalized spacial score (nSPS) is 11.4. The van der Waals surface area contributed by atoms with Gasteiger partial charge in [-0.05, 0) is 17.4 Å². The number of hydrogen-bond donors (Lipinski definition) is 1. The molecule has 1 amide bonds. The molecule has 0 aromatic carbocycles. The molecule has 0 spiro atoms. The van der Waals surface area contributed by atoms with Gasteiger partial charge in [0.15, 0.2) is 0 Å². The fraction of sp³-hybridized carbons (Fsp3) is 0.700. The Morgan fingerprint density at radius 3 is 2.42 bits per heavy atom. The van der Waals surface area contributed by atoms with Gasteiger partial charge >= 0.3 is 0 Å². The first kappa shape index (κ1) is 11.2. The van der Waals surface area contributed by atoms with Crippen molar-refractivity contribution in [3.05, 3.63) is 12.7 Å². The van der Waals surface area contributed by atoms with Crippen molar-refractivity contribution >= 4 is 5.91 Å². The van der Waals surface area contributed by atoms with Crippen LogP contribution in [0.4, 0.5) is 0 Å². The zero-order valence-corrected chi connectivity index (χ0v) is 8.48. The monoisotopic (exact) mass is 169 g/mol. The average molecular weight is 169 g/mol. The summed E-state index contributed by atoms with van der Waals surface area (Å²) in [6.07, 6.45) is 1.30. The molecule has 0 rings (SSSR count). The maximum absolute atomic E-state index is 10.9. The van der Waals surface area contributed by atoms with E-state index in [0.29, 0.717) is 12.5 Å². The van der Waals surface area contributed by atoms with Crippen LogP contribution in [0.2, 0.25) is 0 Å². The Kier molecular flexibility index (Phi) is 4.01. The van der Waals surface area contributed by atoms with Crippen molar-refractivity contribution in [2.24, 2.45) is 11.3 Å². The van der Waals surface area contributed by atoms with Crippen LogP contribution < -0.4 is 5.32 Å². The minimum atomic E-state index is -0.0938. The number of carbonyl (C=O) groups excluding carboxylic acids is 1. The summed E-state index contributed by atoms with van der Waals surface area (Å²) in [5.74, 6) is 0.464. The van der Waals surface area contributed by atoms with Crippen LogP contribution in [-0.4, -0.2) is 12.5 Å². The van der Waals surface area contributed by atoms with Crippen molar-refractivity contribution in [1.29, 1.82) is 0 Å². The first-order chi connectivity index (χ1) is 5.40. The van der Waals surface area contributed by atoms with Crippen LogP contribution in [0.25, 0.3) is 0 Å². The Labute approximate surface area is 75.0 Å². The SMILES string of the molecule is C=CC(=O)NCC(C)(C)C(C)C. The van der Waals surface area contributed by atoms with Gasteiger partial charge < -0.3 is 5.32 Å². The number of carbonyl (C=O) groups is 1. The third kappa shape index (κ3) is 3.56. The van der Waals surface area contributed by atoms with Gasteiger partial charge in [-0.3, -0.25) is 4.79 Å². The van der Waals surface area contributed by atoms with Crippen molar-refractivity contribution in [2.75, 3.05) is 6.54 Å². The molecule has 0 aliphatic carbocycles. The summed E-state index contributed by atoms with van der Waals surface area (Å²) in [5.41, 5.74) is 0.151. The minimum Gasteiger partial charge on any atom is -0.352 e. The molecule has 2 nitrogen and oxygen atoms in total. The predicted octanol–water partition coefficient (Wildman–Crippen LogP) is 1.97. The highest BCUT2D eigenvalue weighted by Gasteiger charge is 2.22. The second-order valence-corrected chi connectivity index (χ2v) is 4.07. The molecule has 12 heavy (non-hydrogen) atoms. The van der Waals surface area contributed by atoms with E-state index in [-0.39, 0.29) is 11.3 Å². The molecule has 0 bridgehead atoms. The van der Waals surface area contributed by atoms with Crippen LogP contribution in [0.5, 0.6) is 0 Å². The van der Waals surface area contributed by atoms with Gasteiger partial charge in [0.05, 0.1) is 0 Å². The maximum atomic E-state index is 10.9. The van der Waals surface area contributed by atoms with E-state index < -0.39 is 0 Å². The molecule has 0 atom stereocenters. The molecule has 0 unspecified atom stereocenters. The third-order valence-electron chi connectivity index (χ3n) is 2.47. The summed E-state index contributed by atoms with van der Waals surface area (Å²) < 4.78 is 0. The highest BCUT2D eigenvalue weighted by molar-refractivity contribution is 5.86. The number of amides is 1. The summed E-state index contributed by atoms with van der Waals surface area (Å²) in [6.45, 7) is 12.7. The fourth-order valence-electron chi connectivity index (χ4n) is 0.591. The van der Waals surface area contributed by atoms with Gasteiger partial charge in [-0.2, -0.15) is 0 Å². The van der Waals surface area contributed by atoms with E-state index in [0.717, 1.165) is 0 Å². The molecule has 2 heteroatoms. The van der Waals surface area contributed by atoms with E-state index >= 15 is 0 Å². The molecular formula is C10H19NO. The molecule has 1 N–H and O–H groups in total. The zero-order chi connectivity index (χ0) is 9.78. The predicted molar refractivity (Wildman–Crippen MR) is 51.8 cm³/mol. The second kappa shape index (κ2) is 4.29. The van der Waals surface area contributed by atoms with Gasteiger partial charge in [-0.25, -0.2) is 0 Å². The fourth-order valence-corrected chi connectivity index (χ4v) is 0.591. The average Bonchev–Trinajstić information content (AvgIpc) is 2.00. The van der Waals surface area contributed by atoms with E-state index in [1.165, 1.54) is 6.08 Å². The molecule has 0 saturated carbocycles. The first-order valence-electron chi connectivity index (χ1n) is 4.30. The van der Waals surface area contributed by atoms with Gasteiger partial charge in [0.1, 0.15) is 0 Å². The topological polar surface area (TPSA) is 29.1 Å². The number of nitrogens with one attached hydrogen (secondary N) is 1. The van der Waals surface area contributed by atoms with Crippen molar-refractivity contribution in [1.82, 2.24) is 5.32 Å². The molecule has 0 radical (unpaired) electrons. The van der Waals surface area contributed by atoms with E-state index in [4.69, 9.17) is 0 Å². The van der Waals surface area contributed by atoms with Crippen molar-refractivity contribution in [3.63, 3.8) is 0 Å². The van der Waals surface area contributed by atoms with Gasteiger partial charge in [0, 0.05) is 6.54 Å². The molecule has 0 aromatic rings. The van der Waals surface area contributed by atoms with Crippen molar-refractivity contribution < 1.29 is 4.79 Å². The lowest BCUT2D eigenvalue weighted by atomic mass is 9.81. The van der Waals surface area contributed by atoms with E-state index in [2.05, 4.69) is 39.6 Å².